The van der Waals surface area contributed by atoms with Crippen LogP contribution in [0.4, 0.5) is 0 Å². The van der Waals surface area contributed by atoms with E-state index >= 15 is 0 Å². The van der Waals surface area contributed by atoms with Crippen LogP contribution in [0.2, 0.25) is 5.02 Å². The minimum atomic E-state index is -0.196. The third-order valence-electron chi connectivity index (χ3n) is 4.52. The zero-order valence-electron chi connectivity index (χ0n) is 13.8. The normalized spacial score (nSPS) is 14.1. The molecule has 0 radical (unpaired) electrons. The maximum atomic E-state index is 12.6. The number of hydrogen-bond acceptors (Lipinski definition) is 3. The fourth-order valence-corrected chi connectivity index (χ4v) is 3.00. The number of aryl methyl sites for hydroxylation is 1. The summed E-state index contributed by atoms with van der Waals surface area (Å²) in [5.41, 5.74) is 1.14. The molecule has 0 spiro atoms. The average Bonchev–Trinajstić information content (AvgIpc) is 2.50. The average molecular weight is 346 g/mol. The zero-order valence-corrected chi connectivity index (χ0v) is 14.5. The summed E-state index contributed by atoms with van der Waals surface area (Å²) in [5, 5.41) is 10.6. The minimum Gasteiger partial charge on any atom is -0.507 e. The minimum absolute atomic E-state index is 0.0468. The predicted octanol–water partition coefficient (Wildman–Crippen LogP) is 4.77. The monoisotopic (exact) mass is 345 g/mol. The number of phenolic OH excluding ortho intramolecular Hbond substituents is 1. The molecular formula is C19H20ClNO3. The lowest BCUT2D eigenvalue weighted by atomic mass is 9.91. The highest BCUT2D eigenvalue weighted by Crippen LogP contribution is 2.35. The molecule has 2 aromatic rings. The number of ether oxygens (including phenoxy) is 1. The maximum Gasteiger partial charge on any atom is 0.257 e. The molecule has 1 fully saturated rings. The van der Waals surface area contributed by atoms with E-state index in [-0.39, 0.29) is 23.3 Å². The summed E-state index contributed by atoms with van der Waals surface area (Å²) in [6, 6.07) is 10.4. The van der Waals surface area contributed by atoms with Crippen LogP contribution in [0.15, 0.2) is 36.4 Å². The van der Waals surface area contributed by atoms with Gasteiger partial charge < -0.3 is 14.7 Å². The second-order valence-electron chi connectivity index (χ2n) is 6.17. The van der Waals surface area contributed by atoms with Gasteiger partial charge >= 0.3 is 0 Å². The Balaban J connectivity index is 1.87. The summed E-state index contributed by atoms with van der Waals surface area (Å²) in [6.45, 7) is 1.90. The first-order chi connectivity index (χ1) is 11.5. The zero-order chi connectivity index (χ0) is 17.3. The van der Waals surface area contributed by atoms with Crippen molar-refractivity contribution in [2.24, 2.45) is 0 Å². The number of para-hydroxylation sites is 1. The topological polar surface area (TPSA) is 49.8 Å². The first-order valence-corrected chi connectivity index (χ1v) is 8.38. The van der Waals surface area contributed by atoms with E-state index in [0.717, 1.165) is 24.8 Å². The van der Waals surface area contributed by atoms with E-state index in [0.29, 0.717) is 16.5 Å². The van der Waals surface area contributed by atoms with Crippen LogP contribution >= 0.6 is 11.6 Å². The van der Waals surface area contributed by atoms with Gasteiger partial charge in [0.2, 0.25) is 0 Å². The number of aromatic hydroxyl groups is 1. The Morgan fingerprint density at radius 2 is 2.04 bits per heavy atom. The predicted molar refractivity (Wildman–Crippen MR) is 94.1 cm³/mol. The highest BCUT2D eigenvalue weighted by molar-refractivity contribution is 6.32. The van der Waals surface area contributed by atoms with Crippen LogP contribution in [-0.4, -0.2) is 29.0 Å². The summed E-state index contributed by atoms with van der Waals surface area (Å²) in [7, 11) is 1.78. The Morgan fingerprint density at radius 3 is 2.67 bits per heavy atom. The van der Waals surface area contributed by atoms with Gasteiger partial charge in [-0.2, -0.15) is 0 Å². The summed E-state index contributed by atoms with van der Waals surface area (Å²) in [6.07, 6.45) is 3.17. The molecule has 0 atom stereocenters. The Bertz CT molecular complexity index is 751. The number of nitrogens with zero attached hydrogens (tertiary/aromatic N) is 1. The molecule has 0 heterocycles. The first-order valence-electron chi connectivity index (χ1n) is 8.00. The van der Waals surface area contributed by atoms with Crippen LogP contribution in [0.1, 0.15) is 35.2 Å². The molecule has 3 rings (SSSR count). The fourth-order valence-electron chi connectivity index (χ4n) is 2.74. The number of carbonyl (C=O) groups excluding carboxylic acids is 1. The number of carbonyl (C=O) groups is 1. The third-order valence-corrected chi connectivity index (χ3v) is 4.82. The number of rotatable bonds is 4. The summed E-state index contributed by atoms with van der Waals surface area (Å²) < 4.78 is 5.85. The Morgan fingerprint density at radius 1 is 1.29 bits per heavy atom. The van der Waals surface area contributed by atoms with Crippen molar-refractivity contribution < 1.29 is 14.6 Å². The van der Waals surface area contributed by atoms with Crippen molar-refractivity contribution in [3.63, 3.8) is 0 Å². The molecule has 24 heavy (non-hydrogen) atoms. The van der Waals surface area contributed by atoms with E-state index < -0.39 is 0 Å². The van der Waals surface area contributed by atoms with Gasteiger partial charge in [0, 0.05) is 13.1 Å². The largest absolute Gasteiger partial charge is 0.507 e. The van der Waals surface area contributed by atoms with Gasteiger partial charge in [-0.3, -0.25) is 4.79 Å². The molecule has 5 heteroatoms. The van der Waals surface area contributed by atoms with Gasteiger partial charge in [0.1, 0.15) is 17.2 Å². The molecule has 4 nitrogen and oxygen atoms in total. The number of amides is 1. The van der Waals surface area contributed by atoms with E-state index in [4.69, 9.17) is 16.3 Å². The van der Waals surface area contributed by atoms with E-state index in [2.05, 4.69) is 0 Å². The second kappa shape index (κ2) is 6.73. The number of benzene rings is 2. The summed E-state index contributed by atoms with van der Waals surface area (Å²) in [4.78, 5) is 14.3. The molecule has 1 aliphatic carbocycles. The lowest BCUT2D eigenvalue weighted by Crippen LogP contribution is -2.41. The molecular weight excluding hydrogens is 326 g/mol. The fraction of sp³-hybridized carbons (Fsp3) is 0.316. The molecule has 1 aliphatic rings. The molecule has 1 N–H and O–H groups in total. The van der Waals surface area contributed by atoms with Crippen molar-refractivity contribution in [1.82, 2.24) is 4.90 Å². The number of halogens is 1. The van der Waals surface area contributed by atoms with Gasteiger partial charge in [-0.05, 0) is 56.0 Å². The van der Waals surface area contributed by atoms with Crippen LogP contribution in [0.5, 0.6) is 17.2 Å². The van der Waals surface area contributed by atoms with Gasteiger partial charge in [0.05, 0.1) is 10.6 Å². The van der Waals surface area contributed by atoms with Crippen molar-refractivity contribution in [3.05, 3.63) is 52.5 Å². The second-order valence-corrected chi connectivity index (χ2v) is 6.57. The van der Waals surface area contributed by atoms with E-state index in [9.17, 15) is 9.90 Å². The van der Waals surface area contributed by atoms with Gasteiger partial charge in [0.15, 0.2) is 0 Å². The lowest BCUT2D eigenvalue weighted by molar-refractivity contribution is 0.0648. The van der Waals surface area contributed by atoms with Crippen molar-refractivity contribution in [2.75, 3.05) is 7.05 Å². The van der Waals surface area contributed by atoms with Crippen molar-refractivity contribution in [1.29, 1.82) is 0 Å². The quantitative estimate of drug-likeness (QED) is 0.868. The Labute approximate surface area is 146 Å². The molecule has 0 aliphatic heterocycles. The van der Waals surface area contributed by atoms with E-state index in [1.807, 2.05) is 19.1 Å². The standard InChI is InChI=1S/C19H20ClNO3/c1-12-5-3-8-16(20)18(12)24-14-9-10-17(22)15(11-14)19(23)21(2)13-6-4-7-13/h3,5,8-11,13,22H,4,6-7H2,1-2H3. The van der Waals surface area contributed by atoms with Crippen molar-refractivity contribution in [2.45, 2.75) is 32.2 Å². The van der Waals surface area contributed by atoms with Crippen LogP contribution in [-0.2, 0) is 0 Å². The van der Waals surface area contributed by atoms with Crippen LogP contribution in [0.3, 0.4) is 0 Å². The van der Waals surface area contributed by atoms with Gasteiger partial charge in [0.25, 0.3) is 5.91 Å². The molecule has 1 amide bonds. The molecule has 126 valence electrons. The summed E-state index contributed by atoms with van der Waals surface area (Å²) in [5.74, 6) is 0.776. The van der Waals surface area contributed by atoms with Gasteiger partial charge in [-0.25, -0.2) is 0 Å². The molecule has 0 bridgehead atoms. The van der Waals surface area contributed by atoms with E-state index in [1.54, 1.807) is 30.1 Å². The molecule has 1 saturated carbocycles. The molecule has 0 unspecified atom stereocenters. The van der Waals surface area contributed by atoms with E-state index in [1.165, 1.54) is 6.07 Å². The summed E-state index contributed by atoms with van der Waals surface area (Å²) >= 11 is 6.18. The van der Waals surface area contributed by atoms with Crippen LogP contribution < -0.4 is 4.74 Å². The smallest absolute Gasteiger partial charge is 0.257 e. The highest BCUT2D eigenvalue weighted by Gasteiger charge is 2.28. The molecule has 0 aromatic heterocycles. The number of hydrogen-bond donors (Lipinski definition) is 1. The van der Waals surface area contributed by atoms with Crippen LogP contribution in [0, 0.1) is 6.92 Å². The molecule has 2 aromatic carbocycles. The molecule has 0 saturated heterocycles. The lowest BCUT2D eigenvalue weighted by Gasteiger charge is -2.34. The van der Waals surface area contributed by atoms with Crippen LogP contribution in [0.25, 0.3) is 0 Å². The maximum absolute atomic E-state index is 12.6. The van der Waals surface area contributed by atoms with Crippen molar-refractivity contribution in [3.8, 4) is 17.2 Å². The first kappa shape index (κ1) is 16.7. The Kier molecular flexibility index (Phi) is 4.67. The van der Waals surface area contributed by atoms with Crippen molar-refractivity contribution >= 4 is 17.5 Å². The SMILES string of the molecule is Cc1cccc(Cl)c1Oc1ccc(O)c(C(=O)N(C)C2CCC2)c1. The van der Waals surface area contributed by atoms with Gasteiger partial charge in [-0.1, -0.05) is 23.7 Å². The third kappa shape index (κ3) is 3.20. The Hall–Kier alpha value is -2.20. The highest BCUT2D eigenvalue weighted by atomic mass is 35.5. The van der Waals surface area contributed by atoms with Gasteiger partial charge in [-0.15, -0.1) is 0 Å². The number of phenols is 1.